The number of pyridine rings is 2. The topological polar surface area (TPSA) is 84.1 Å². The van der Waals surface area contributed by atoms with E-state index in [-0.39, 0.29) is 12.1 Å². The monoisotopic (exact) mass is 477 g/mol. The highest BCUT2D eigenvalue weighted by atomic mass is 19.1. The molecule has 4 aromatic rings. The zero-order valence-electron chi connectivity index (χ0n) is 19.6. The Morgan fingerprint density at radius 1 is 1.06 bits per heavy atom. The van der Waals surface area contributed by atoms with Gasteiger partial charge in [0.1, 0.15) is 17.2 Å². The number of aromatic nitrogens is 2. The normalized spacial score (nSPS) is 12.4. The van der Waals surface area contributed by atoms with E-state index >= 15 is 0 Å². The summed E-state index contributed by atoms with van der Waals surface area (Å²) in [5.74, 6) is -2.15. The molecule has 0 aliphatic rings. The minimum atomic E-state index is -0.733. The number of nitrogens with zero attached hydrogens (tertiary/aromatic N) is 1. The molecule has 180 valence electrons. The average molecular weight is 478 g/mol. The van der Waals surface area contributed by atoms with Crippen molar-refractivity contribution in [2.75, 3.05) is 6.54 Å². The molecule has 35 heavy (non-hydrogen) atoms. The van der Waals surface area contributed by atoms with Crippen LogP contribution in [0.3, 0.4) is 0 Å². The molecule has 0 bridgehead atoms. The molecule has 0 saturated heterocycles. The molecule has 2 aromatic heterocycles. The first-order valence-corrected chi connectivity index (χ1v) is 11.1. The number of benzene rings is 2. The van der Waals surface area contributed by atoms with Crippen LogP contribution in [0.2, 0.25) is 0 Å². The molecule has 6 nitrogen and oxygen atoms in total. The summed E-state index contributed by atoms with van der Waals surface area (Å²) in [6.45, 7) is 5.22. The lowest BCUT2D eigenvalue weighted by Gasteiger charge is -2.23. The second-order valence-corrected chi connectivity index (χ2v) is 9.20. The molecule has 0 aliphatic carbocycles. The maximum Gasteiger partial charge on any atom is 0.407 e. The molecule has 2 heterocycles. The molecule has 0 unspecified atom stereocenters. The first-order chi connectivity index (χ1) is 16.6. The lowest BCUT2D eigenvalue weighted by atomic mass is 9.89. The highest BCUT2D eigenvalue weighted by Gasteiger charge is 2.24. The third-order valence-corrected chi connectivity index (χ3v) is 5.34. The van der Waals surface area contributed by atoms with Crippen LogP contribution in [0.4, 0.5) is 13.6 Å². The van der Waals surface area contributed by atoms with Crippen molar-refractivity contribution in [1.29, 1.82) is 0 Å². The number of H-pyrrole nitrogens is 1. The van der Waals surface area contributed by atoms with Gasteiger partial charge in [0.2, 0.25) is 5.56 Å². The number of carbonyl (C=O) groups is 1. The number of hydrogen-bond acceptors (Lipinski definition) is 4. The first-order valence-electron chi connectivity index (χ1n) is 11.1. The van der Waals surface area contributed by atoms with Crippen LogP contribution in [0.1, 0.15) is 37.9 Å². The Bertz CT molecular complexity index is 1420. The van der Waals surface area contributed by atoms with Gasteiger partial charge >= 0.3 is 6.09 Å². The average Bonchev–Trinajstić information content (AvgIpc) is 2.77. The van der Waals surface area contributed by atoms with Gasteiger partial charge in [0.25, 0.3) is 0 Å². The molecule has 0 aliphatic heterocycles. The van der Waals surface area contributed by atoms with Crippen LogP contribution >= 0.6 is 0 Å². The van der Waals surface area contributed by atoms with Crippen molar-refractivity contribution in [3.05, 3.63) is 100 Å². The van der Waals surface area contributed by atoms with Gasteiger partial charge in [-0.1, -0.05) is 18.2 Å². The summed E-state index contributed by atoms with van der Waals surface area (Å²) in [6, 6.07) is 15.6. The standard InChI is InChI=1S/C27H25F2N3O3/c1-27(2,3)35-26(34)31-15-22(18-11-19(28)14-20(29)12-18)25-21(5-4-10-30-25)17-7-6-16-8-9-24(33)32-23(16)13-17/h4-14,22H,15H2,1-3H3,(H,31,34)(H,32,33)/t22-/m1/s1. The molecule has 0 fully saturated rings. The first kappa shape index (κ1) is 24.1. The number of ether oxygens (including phenoxy) is 1. The Morgan fingerprint density at radius 2 is 1.77 bits per heavy atom. The van der Waals surface area contributed by atoms with Crippen LogP contribution in [0, 0.1) is 11.6 Å². The SMILES string of the molecule is CC(C)(C)OC(=O)NC[C@H](c1cc(F)cc(F)c1)c1ncccc1-c1ccc2ccc(=O)[nH]c2c1. The van der Waals surface area contributed by atoms with E-state index < -0.39 is 29.2 Å². The second kappa shape index (κ2) is 9.66. The number of rotatable bonds is 5. The largest absolute Gasteiger partial charge is 0.444 e. The number of aromatic amines is 1. The lowest BCUT2D eigenvalue weighted by molar-refractivity contribution is 0.0526. The van der Waals surface area contributed by atoms with Crippen molar-refractivity contribution in [1.82, 2.24) is 15.3 Å². The Balaban J connectivity index is 1.79. The zero-order valence-corrected chi connectivity index (χ0v) is 19.6. The summed E-state index contributed by atoms with van der Waals surface area (Å²) in [5, 5.41) is 3.55. The van der Waals surface area contributed by atoms with Crippen molar-refractivity contribution < 1.29 is 18.3 Å². The molecule has 0 spiro atoms. The summed E-state index contributed by atoms with van der Waals surface area (Å²) in [7, 11) is 0. The minimum absolute atomic E-state index is 0.00770. The Labute approximate surface area is 201 Å². The fraction of sp³-hybridized carbons (Fsp3) is 0.222. The van der Waals surface area contributed by atoms with E-state index in [1.807, 2.05) is 24.3 Å². The Morgan fingerprint density at radius 3 is 2.49 bits per heavy atom. The maximum atomic E-state index is 14.2. The number of nitrogens with one attached hydrogen (secondary N) is 2. The third-order valence-electron chi connectivity index (χ3n) is 5.34. The van der Waals surface area contributed by atoms with Gasteiger partial charge in [-0.25, -0.2) is 13.6 Å². The van der Waals surface area contributed by atoms with Crippen LogP contribution < -0.4 is 10.9 Å². The molecule has 1 amide bonds. The van der Waals surface area contributed by atoms with Crippen molar-refractivity contribution >= 4 is 17.0 Å². The van der Waals surface area contributed by atoms with Crippen LogP contribution in [0.15, 0.2) is 71.7 Å². The fourth-order valence-corrected chi connectivity index (χ4v) is 3.90. The second-order valence-electron chi connectivity index (χ2n) is 9.20. The van der Waals surface area contributed by atoms with Gasteiger partial charge in [-0.15, -0.1) is 0 Å². The van der Waals surface area contributed by atoms with E-state index in [4.69, 9.17) is 4.74 Å². The Hall–Kier alpha value is -4.07. The molecule has 4 rings (SSSR count). The van der Waals surface area contributed by atoms with Crippen LogP contribution in [-0.2, 0) is 4.74 Å². The highest BCUT2D eigenvalue weighted by molar-refractivity contribution is 5.84. The van der Waals surface area contributed by atoms with E-state index in [0.29, 0.717) is 22.3 Å². The predicted octanol–water partition coefficient (Wildman–Crippen LogP) is 5.52. The Kier molecular flexibility index (Phi) is 6.64. The van der Waals surface area contributed by atoms with Crippen molar-refractivity contribution in [3.8, 4) is 11.1 Å². The summed E-state index contributed by atoms with van der Waals surface area (Å²) in [6.07, 6.45) is 0.929. The van der Waals surface area contributed by atoms with E-state index in [2.05, 4.69) is 15.3 Å². The smallest absolute Gasteiger partial charge is 0.407 e. The van der Waals surface area contributed by atoms with Gasteiger partial charge < -0.3 is 15.0 Å². The molecule has 2 N–H and O–H groups in total. The van der Waals surface area contributed by atoms with Gasteiger partial charge in [0, 0.05) is 41.9 Å². The summed E-state index contributed by atoms with van der Waals surface area (Å²) < 4.78 is 33.6. The highest BCUT2D eigenvalue weighted by Crippen LogP contribution is 2.33. The number of halogens is 2. The maximum absolute atomic E-state index is 14.2. The fourth-order valence-electron chi connectivity index (χ4n) is 3.90. The molecule has 0 saturated carbocycles. The van der Waals surface area contributed by atoms with Gasteiger partial charge in [0.15, 0.2) is 0 Å². The number of fused-ring (bicyclic) bond motifs is 1. The van der Waals surface area contributed by atoms with Crippen LogP contribution in [0.25, 0.3) is 22.0 Å². The third kappa shape index (κ3) is 5.90. The minimum Gasteiger partial charge on any atom is -0.444 e. The molecular weight excluding hydrogens is 452 g/mol. The molecule has 8 heteroatoms. The number of carbonyl (C=O) groups excluding carboxylic acids is 1. The van der Waals surface area contributed by atoms with E-state index in [9.17, 15) is 18.4 Å². The van der Waals surface area contributed by atoms with E-state index in [1.165, 1.54) is 18.2 Å². The predicted molar refractivity (Wildman–Crippen MR) is 130 cm³/mol. The van der Waals surface area contributed by atoms with Crippen LogP contribution in [-0.4, -0.2) is 28.2 Å². The lowest BCUT2D eigenvalue weighted by Crippen LogP contribution is -2.35. The van der Waals surface area contributed by atoms with Crippen LogP contribution in [0.5, 0.6) is 0 Å². The summed E-state index contributed by atoms with van der Waals surface area (Å²) in [5.41, 5.74) is 1.98. The van der Waals surface area contributed by atoms with Crippen molar-refractivity contribution in [2.45, 2.75) is 32.3 Å². The van der Waals surface area contributed by atoms with Gasteiger partial charge in [0.05, 0.1) is 5.69 Å². The summed E-state index contributed by atoms with van der Waals surface area (Å²) in [4.78, 5) is 31.5. The number of hydrogen-bond donors (Lipinski definition) is 2. The van der Waals surface area contributed by atoms with Crippen molar-refractivity contribution in [2.24, 2.45) is 0 Å². The molecule has 2 aromatic carbocycles. The molecule has 1 atom stereocenters. The van der Waals surface area contributed by atoms with Gasteiger partial charge in [-0.05, 0) is 67.6 Å². The van der Waals surface area contributed by atoms with Gasteiger partial charge in [-0.2, -0.15) is 0 Å². The number of alkyl carbamates (subject to hydrolysis) is 1. The molecular formula is C27H25F2N3O3. The number of amides is 1. The summed E-state index contributed by atoms with van der Waals surface area (Å²) >= 11 is 0. The molecule has 0 radical (unpaired) electrons. The quantitative estimate of drug-likeness (QED) is 0.396. The van der Waals surface area contributed by atoms with Crippen molar-refractivity contribution in [3.63, 3.8) is 0 Å². The van der Waals surface area contributed by atoms with E-state index in [0.717, 1.165) is 17.0 Å². The van der Waals surface area contributed by atoms with Gasteiger partial charge in [-0.3, -0.25) is 9.78 Å². The zero-order chi connectivity index (χ0) is 25.2. The van der Waals surface area contributed by atoms with E-state index in [1.54, 1.807) is 39.1 Å².